The minimum Gasteiger partial charge on any atom is -0.496 e. The van der Waals surface area contributed by atoms with Crippen molar-refractivity contribution in [1.82, 2.24) is 15.1 Å². The van der Waals surface area contributed by atoms with Gasteiger partial charge in [-0.1, -0.05) is 19.8 Å². The normalized spacial score (nSPS) is 20.4. The number of fused-ring (bicyclic) bond motifs is 1. The highest BCUT2D eigenvalue weighted by Crippen LogP contribution is 2.36. The number of nitrogens with one attached hydrogen (secondary N) is 1. The van der Waals surface area contributed by atoms with Crippen molar-refractivity contribution in [3.8, 4) is 5.75 Å². The zero-order valence-corrected chi connectivity index (χ0v) is 19.7. The molecule has 2 unspecified atom stereocenters. The molecule has 1 aromatic carbocycles. The Balaban J connectivity index is 1.73. The Bertz CT molecular complexity index is 872. The number of rotatable bonds is 11. The molecule has 33 heavy (non-hydrogen) atoms. The van der Waals surface area contributed by atoms with Crippen molar-refractivity contribution in [1.29, 1.82) is 0 Å². The summed E-state index contributed by atoms with van der Waals surface area (Å²) in [5.74, 6) is 0.320. The Morgan fingerprint density at radius 3 is 2.73 bits per heavy atom. The number of amides is 4. The summed E-state index contributed by atoms with van der Waals surface area (Å²) in [6.07, 6.45) is 6.79. The first-order valence-electron chi connectivity index (χ1n) is 12.0. The minimum atomic E-state index is -0.294. The van der Waals surface area contributed by atoms with Gasteiger partial charge >= 0.3 is 6.03 Å². The lowest BCUT2D eigenvalue weighted by atomic mass is 9.81. The lowest BCUT2D eigenvalue weighted by Gasteiger charge is -2.47. The van der Waals surface area contributed by atoms with E-state index in [9.17, 15) is 19.2 Å². The first-order valence-corrected chi connectivity index (χ1v) is 12.0. The monoisotopic (exact) mass is 457 g/mol. The number of unbranched alkanes of at least 4 members (excludes halogenated alkanes) is 1. The molecule has 4 amide bonds. The van der Waals surface area contributed by atoms with Crippen molar-refractivity contribution < 1.29 is 23.9 Å². The fraction of sp³-hybridized carbons (Fsp3) is 0.600. The van der Waals surface area contributed by atoms with Crippen molar-refractivity contribution in [2.24, 2.45) is 5.92 Å². The van der Waals surface area contributed by atoms with Gasteiger partial charge in [-0.05, 0) is 50.3 Å². The van der Waals surface area contributed by atoms with Crippen LogP contribution in [0, 0.1) is 5.92 Å². The predicted octanol–water partition coefficient (Wildman–Crippen LogP) is 3.53. The molecule has 1 saturated carbocycles. The summed E-state index contributed by atoms with van der Waals surface area (Å²) in [5, 5.41) is 2.85. The number of urea groups is 1. The van der Waals surface area contributed by atoms with Gasteiger partial charge in [-0.2, -0.15) is 0 Å². The van der Waals surface area contributed by atoms with Crippen LogP contribution in [-0.2, 0) is 16.1 Å². The van der Waals surface area contributed by atoms with Crippen molar-refractivity contribution in [2.45, 2.75) is 70.9 Å². The molecule has 180 valence electrons. The summed E-state index contributed by atoms with van der Waals surface area (Å²) in [4.78, 5) is 52.9. The second kappa shape index (κ2) is 11.8. The van der Waals surface area contributed by atoms with Crippen molar-refractivity contribution in [2.75, 3.05) is 20.2 Å². The van der Waals surface area contributed by atoms with Crippen LogP contribution in [0.4, 0.5) is 4.79 Å². The first-order chi connectivity index (χ1) is 16.0. The second-order valence-corrected chi connectivity index (χ2v) is 8.85. The van der Waals surface area contributed by atoms with Gasteiger partial charge < -0.3 is 15.0 Å². The van der Waals surface area contributed by atoms with Gasteiger partial charge in [-0.3, -0.25) is 19.3 Å². The minimum absolute atomic E-state index is 0.00396. The highest BCUT2D eigenvalue weighted by molar-refractivity contribution is 5.98. The molecular weight excluding hydrogens is 422 g/mol. The molecule has 0 aromatic heterocycles. The molecule has 2 fully saturated rings. The SMILES string of the molecule is CCCNC(=O)CCCCN1C(=O)C2CCCCC2N(Cc2cc(C=O)ccc2OC)C1=O. The predicted molar refractivity (Wildman–Crippen MR) is 124 cm³/mol. The van der Waals surface area contributed by atoms with E-state index in [1.807, 2.05) is 6.92 Å². The second-order valence-electron chi connectivity index (χ2n) is 8.85. The van der Waals surface area contributed by atoms with Crippen LogP contribution in [0.3, 0.4) is 0 Å². The van der Waals surface area contributed by atoms with E-state index < -0.39 is 0 Å². The standard InChI is InChI=1S/C25H35N3O5/c1-3-13-26-23(30)10-6-7-14-27-24(31)20-8-4-5-9-21(20)28(25(27)32)16-19-15-18(17-29)11-12-22(19)33-2/h11-12,15,17,20-21H,3-10,13-14,16H2,1-2H3,(H,26,30). The molecule has 8 nitrogen and oxygen atoms in total. The topological polar surface area (TPSA) is 96.0 Å². The van der Waals surface area contributed by atoms with E-state index in [-0.39, 0.29) is 36.3 Å². The van der Waals surface area contributed by atoms with Crippen LogP contribution >= 0.6 is 0 Å². The Labute approximate surface area is 195 Å². The van der Waals surface area contributed by atoms with E-state index in [0.29, 0.717) is 43.7 Å². The third-order valence-corrected chi connectivity index (χ3v) is 6.58. The fourth-order valence-corrected chi connectivity index (χ4v) is 4.84. The summed E-state index contributed by atoms with van der Waals surface area (Å²) < 4.78 is 5.46. The lowest BCUT2D eigenvalue weighted by Crippen LogP contribution is -2.62. The van der Waals surface area contributed by atoms with E-state index in [1.54, 1.807) is 30.2 Å². The fourth-order valence-electron chi connectivity index (χ4n) is 4.84. The molecule has 1 aliphatic heterocycles. The molecule has 8 heteroatoms. The van der Waals surface area contributed by atoms with Crippen molar-refractivity contribution in [3.05, 3.63) is 29.3 Å². The number of methoxy groups -OCH3 is 1. The maximum absolute atomic E-state index is 13.5. The number of nitrogens with zero attached hydrogens (tertiary/aromatic N) is 2. The average molecular weight is 458 g/mol. The highest BCUT2D eigenvalue weighted by atomic mass is 16.5. The van der Waals surface area contributed by atoms with Crippen LogP contribution in [0.2, 0.25) is 0 Å². The number of hydrogen-bond acceptors (Lipinski definition) is 5. The van der Waals surface area contributed by atoms with E-state index in [1.165, 1.54) is 4.90 Å². The van der Waals surface area contributed by atoms with Crippen LogP contribution in [0.15, 0.2) is 18.2 Å². The van der Waals surface area contributed by atoms with Crippen molar-refractivity contribution >= 4 is 24.1 Å². The van der Waals surface area contributed by atoms with Gasteiger partial charge in [-0.15, -0.1) is 0 Å². The van der Waals surface area contributed by atoms with Crippen LogP contribution in [-0.4, -0.2) is 60.2 Å². The molecule has 1 heterocycles. The number of hydrogen-bond donors (Lipinski definition) is 1. The summed E-state index contributed by atoms with van der Waals surface area (Å²) in [7, 11) is 1.56. The van der Waals surface area contributed by atoms with Gasteiger partial charge in [0.2, 0.25) is 11.8 Å². The molecule has 0 spiro atoms. The zero-order chi connectivity index (χ0) is 23.8. The Morgan fingerprint density at radius 2 is 2.00 bits per heavy atom. The molecule has 2 atom stereocenters. The molecule has 0 radical (unpaired) electrons. The Kier molecular flexibility index (Phi) is 8.86. The lowest BCUT2D eigenvalue weighted by molar-refractivity contribution is -0.140. The molecule has 1 saturated heterocycles. The molecule has 1 aliphatic carbocycles. The summed E-state index contributed by atoms with van der Waals surface area (Å²) in [6, 6.07) is 4.73. The van der Waals surface area contributed by atoms with Gasteiger partial charge in [0.1, 0.15) is 12.0 Å². The largest absolute Gasteiger partial charge is 0.496 e. The van der Waals surface area contributed by atoms with E-state index in [2.05, 4.69) is 5.32 Å². The third kappa shape index (κ3) is 5.92. The van der Waals surface area contributed by atoms with Gasteiger partial charge in [0.25, 0.3) is 0 Å². The van der Waals surface area contributed by atoms with Crippen LogP contribution in [0.5, 0.6) is 5.75 Å². The van der Waals surface area contributed by atoms with Gasteiger partial charge in [0, 0.05) is 36.7 Å². The van der Waals surface area contributed by atoms with E-state index in [0.717, 1.165) is 44.0 Å². The summed E-state index contributed by atoms with van der Waals surface area (Å²) >= 11 is 0. The van der Waals surface area contributed by atoms with E-state index in [4.69, 9.17) is 4.74 Å². The first kappa shape index (κ1) is 24.7. The van der Waals surface area contributed by atoms with E-state index >= 15 is 0 Å². The van der Waals surface area contributed by atoms with Crippen molar-refractivity contribution in [3.63, 3.8) is 0 Å². The van der Waals surface area contributed by atoms with Gasteiger partial charge in [-0.25, -0.2) is 4.79 Å². The maximum atomic E-state index is 13.5. The smallest absolute Gasteiger partial charge is 0.327 e. The summed E-state index contributed by atoms with van der Waals surface area (Å²) in [5.41, 5.74) is 1.27. The van der Waals surface area contributed by atoms with Crippen LogP contribution in [0.1, 0.15) is 74.2 Å². The molecule has 0 bridgehead atoms. The Hall–Kier alpha value is -2.90. The average Bonchev–Trinajstić information content (AvgIpc) is 2.84. The maximum Gasteiger partial charge on any atom is 0.327 e. The summed E-state index contributed by atoms with van der Waals surface area (Å²) in [6.45, 7) is 3.26. The van der Waals surface area contributed by atoms with Crippen LogP contribution < -0.4 is 10.1 Å². The molecule has 3 rings (SSSR count). The number of benzene rings is 1. The number of carbonyl (C=O) groups is 4. The molecule has 1 N–H and O–H groups in total. The number of aldehydes is 1. The highest BCUT2D eigenvalue weighted by Gasteiger charge is 2.46. The molecule has 2 aliphatic rings. The van der Waals surface area contributed by atoms with Crippen LogP contribution in [0.25, 0.3) is 0 Å². The molecule has 1 aromatic rings. The number of ether oxygens (including phenoxy) is 1. The Morgan fingerprint density at radius 1 is 1.21 bits per heavy atom. The number of imide groups is 1. The third-order valence-electron chi connectivity index (χ3n) is 6.58. The molecular formula is C25H35N3O5. The van der Waals surface area contributed by atoms with Gasteiger partial charge in [0.15, 0.2) is 0 Å². The quantitative estimate of drug-likeness (QED) is 0.405. The zero-order valence-electron chi connectivity index (χ0n) is 19.7. The number of carbonyl (C=O) groups excluding carboxylic acids is 4. The van der Waals surface area contributed by atoms with Gasteiger partial charge in [0.05, 0.1) is 19.6 Å².